The number of aryl methyl sites for hydroxylation is 1. The van der Waals surface area contributed by atoms with Gasteiger partial charge in [-0.05, 0) is 74.4 Å². The number of carbonyl (C=O) groups excluding carboxylic acids is 1. The molecule has 9 nitrogen and oxygen atoms in total. The Bertz CT molecular complexity index is 1860. The number of nitrogens with zero attached hydrogens (tertiary/aromatic N) is 3. The highest BCUT2D eigenvalue weighted by atomic mass is 19.1. The van der Waals surface area contributed by atoms with Crippen molar-refractivity contribution in [3.63, 3.8) is 0 Å². The summed E-state index contributed by atoms with van der Waals surface area (Å²) in [6, 6.07) is 11.3. The van der Waals surface area contributed by atoms with Gasteiger partial charge in [-0.3, -0.25) is 28.1 Å². The van der Waals surface area contributed by atoms with Crippen molar-refractivity contribution >= 4 is 34.0 Å². The quantitative estimate of drug-likeness (QED) is 0.389. The van der Waals surface area contributed by atoms with Crippen LogP contribution in [0.1, 0.15) is 55.7 Å². The van der Waals surface area contributed by atoms with Crippen molar-refractivity contribution in [1.29, 1.82) is 0 Å². The van der Waals surface area contributed by atoms with Gasteiger partial charge in [-0.2, -0.15) is 0 Å². The molecule has 2 aliphatic rings. The second-order valence-corrected chi connectivity index (χ2v) is 10.5. The summed E-state index contributed by atoms with van der Waals surface area (Å²) in [4.78, 5) is 52.9. The second kappa shape index (κ2) is 9.07. The average Bonchev–Trinajstić information content (AvgIpc) is 3.80. The van der Waals surface area contributed by atoms with E-state index >= 15 is 4.39 Å². The molecule has 2 aromatic carbocycles. The first-order chi connectivity index (χ1) is 18.7. The first kappa shape index (κ1) is 24.8. The van der Waals surface area contributed by atoms with E-state index in [2.05, 4.69) is 10.6 Å². The Hall–Kier alpha value is -4.47. The number of halogens is 1. The molecule has 0 saturated heterocycles. The molecule has 2 aromatic heterocycles. The third-order valence-electron chi connectivity index (χ3n) is 7.48. The van der Waals surface area contributed by atoms with Crippen LogP contribution in [0.15, 0.2) is 56.8 Å². The molecule has 10 heteroatoms. The van der Waals surface area contributed by atoms with Crippen molar-refractivity contribution < 1.29 is 9.18 Å². The number of anilines is 3. The zero-order chi connectivity index (χ0) is 27.6. The maximum atomic E-state index is 15.2. The van der Waals surface area contributed by atoms with Gasteiger partial charge in [-0.25, -0.2) is 9.18 Å². The Morgan fingerprint density at radius 1 is 1.00 bits per heavy atom. The number of carbonyl (C=O) groups is 1. The fourth-order valence-corrected chi connectivity index (χ4v) is 5.21. The predicted octanol–water partition coefficient (Wildman–Crippen LogP) is 4.21. The van der Waals surface area contributed by atoms with Crippen LogP contribution in [0, 0.1) is 12.7 Å². The van der Waals surface area contributed by atoms with Gasteiger partial charge in [-0.1, -0.05) is 12.1 Å². The van der Waals surface area contributed by atoms with E-state index < -0.39 is 22.6 Å². The van der Waals surface area contributed by atoms with Crippen molar-refractivity contribution in [3.05, 3.63) is 90.6 Å². The van der Waals surface area contributed by atoms with Crippen LogP contribution in [0.25, 0.3) is 16.6 Å². The molecular formula is C29H28FN5O4. The summed E-state index contributed by atoms with van der Waals surface area (Å²) in [6.07, 6.45) is 3.42. The van der Waals surface area contributed by atoms with Crippen molar-refractivity contribution in [2.45, 2.75) is 51.5 Å². The highest BCUT2D eigenvalue weighted by Crippen LogP contribution is 2.41. The Balaban J connectivity index is 1.65. The molecule has 0 atom stereocenters. The van der Waals surface area contributed by atoms with Gasteiger partial charge in [0.25, 0.3) is 11.1 Å². The number of amides is 1. The van der Waals surface area contributed by atoms with Crippen molar-refractivity contribution in [2.75, 3.05) is 10.6 Å². The SMILES string of the molecule is CC(=O)Nc1cccc(-n2c(=O)n(C3CC3)c(=O)c3c(Nc4ccc(C5CC5)cc4F)n(C)c(=O)c(C)c32)c1. The third kappa shape index (κ3) is 4.25. The van der Waals surface area contributed by atoms with Crippen LogP contribution in [0.2, 0.25) is 0 Å². The fourth-order valence-electron chi connectivity index (χ4n) is 5.21. The topological polar surface area (TPSA) is 107 Å². The van der Waals surface area contributed by atoms with Crippen LogP contribution < -0.4 is 27.4 Å². The number of pyridine rings is 1. The summed E-state index contributed by atoms with van der Waals surface area (Å²) in [5.41, 5.74) is 0.684. The smallest absolute Gasteiger partial charge is 0.336 e. The summed E-state index contributed by atoms with van der Waals surface area (Å²) in [7, 11) is 1.52. The normalized spacial score (nSPS) is 15.0. The lowest BCUT2D eigenvalue weighted by atomic mass is 10.1. The molecule has 0 spiro atoms. The molecule has 6 rings (SSSR count). The molecule has 39 heavy (non-hydrogen) atoms. The maximum Gasteiger partial charge on any atom is 0.336 e. The van der Waals surface area contributed by atoms with E-state index in [0.29, 0.717) is 30.1 Å². The average molecular weight is 530 g/mol. The number of nitrogens with one attached hydrogen (secondary N) is 2. The van der Waals surface area contributed by atoms with Crippen LogP contribution in [0.5, 0.6) is 0 Å². The lowest BCUT2D eigenvalue weighted by Crippen LogP contribution is -2.41. The first-order valence-electron chi connectivity index (χ1n) is 13.0. The fraction of sp³-hybridized carbons (Fsp3) is 0.310. The second-order valence-electron chi connectivity index (χ2n) is 10.5. The maximum absolute atomic E-state index is 15.2. The summed E-state index contributed by atoms with van der Waals surface area (Å²) in [6.45, 7) is 2.94. The molecule has 0 radical (unpaired) electrons. The number of hydrogen-bond donors (Lipinski definition) is 2. The highest BCUT2D eigenvalue weighted by Gasteiger charge is 2.32. The van der Waals surface area contributed by atoms with Gasteiger partial charge in [0.1, 0.15) is 17.0 Å². The van der Waals surface area contributed by atoms with E-state index in [0.717, 1.165) is 18.4 Å². The number of rotatable bonds is 6. The number of fused-ring (bicyclic) bond motifs is 1. The monoisotopic (exact) mass is 529 g/mol. The molecule has 0 unspecified atom stereocenters. The molecule has 200 valence electrons. The van der Waals surface area contributed by atoms with E-state index in [4.69, 9.17) is 0 Å². The molecule has 0 bridgehead atoms. The van der Waals surface area contributed by atoms with Crippen LogP contribution in [0.4, 0.5) is 21.6 Å². The summed E-state index contributed by atoms with van der Waals surface area (Å²) >= 11 is 0. The summed E-state index contributed by atoms with van der Waals surface area (Å²) in [5, 5.41) is 5.81. The standard InChI is InChI=1S/C29H28FN5O4/c1-15-25-24(26(33(3)27(15)37)32-23-12-9-18(13-22(23)30)17-7-8-17)28(38)35(20-10-11-20)29(39)34(25)21-6-4-5-19(14-21)31-16(2)36/h4-6,9,12-14,17,20,32H,7-8,10-11H2,1-3H3,(H,31,36). The number of benzene rings is 2. The number of hydrogen-bond acceptors (Lipinski definition) is 5. The molecule has 2 N–H and O–H groups in total. The zero-order valence-corrected chi connectivity index (χ0v) is 21.9. The van der Waals surface area contributed by atoms with Gasteiger partial charge in [0, 0.05) is 31.3 Å². The predicted molar refractivity (Wildman–Crippen MR) is 148 cm³/mol. The van der Waals surface area contributed by atoms with E-state index in [1.165, 1.54) is 33.7 Å². The molecule has 2 saturated carbocycles. The van der Waals surface area contributed by atoms with E-state index in [9.17, 15) is 19.2 Å². The largest absolute Gasteiger partial charge is 0.338 e. The lowest BCUT2D eigenvalue weighted by Gasteiger charge is -2.21. The van der Waals surface area contributed by atoms with Gasteiger partial charge >= 0.3 is 5.69 Å². The van der Waals surface area contributed by atoms with E-state index in [1.807, 2.05) is 6.07 Å². The third-order valence-corrected chi connectivity index (χ3v) is 7.48. The van der Waals surface area contributed by atoms with Crippen molar-refractivity contribution in [2.24, 2.45) is 7.05 Å². The minimum Gasteiger partial charge on any atom is -0.338 e. The van der Waals surface area contributed by atoms with Crippen LogP contribution in [-0.4, -0.2) is 19.6 Å². The van der Waals surface area contributed by atoms with Crippen LogP contribution in [-0.2, 0) is 11.8 Å². The molecular weight excluding hydrogens is 501 g/mol. The summed E-state index contributed by atoms with van der Waals surface area (Å²) < 4.78 is 19.0. The first-order valence-corrected chi connectivity index (χ1v) is 13.0. The molecule has 2 fully saturated rings. The Labute approximate surface area is 222 Å². The molecule has 4 aromatic rings. The molecule has 2 aliphatic carbocycles. The molecule has 1 amide bonds. The van der Waals surface area contributed by atoms with Gasteiger partial charge in [0.15, 0.2) is 0 Å². The molecule has 2 heterocycles. The van der Waals surface area contributed by atoms with E-state index in [1.54, 1.807) is 37.3 Å². The highest BCUT2D eigenvalue weighted by molar-refractivity contribution is 5.94. The zero-order valence-electron chi connectivity index (χ0n) is 21.9. The van der Waals surface area contributed by atoms with Crippen LogP contribution in [0.3, 0.4) is 0 Å². The Kier molecular flexibility index (Phi) is 5.78. The minimum atomic E-state index is -0.572. The Morgan fingerprint density at radius 2 is 1.74 bits per heavy atom. The Morgan fingerprint density at radius 3 is 2.38 bits per heavy atom. The molecule has 0 aliphatic heterocycles. The summed E-state index contributed by atoms with van der Waals surface area (Å²) in [5.74, 6) is -0.297. The van der Waals surface area contributed by atoms with Gasteiger partial charge in [-0.15, -0.1) is 0 Å². The van der Waals surface area contributed by atoms with Crippen molar-refractivity contribution in [3.8, 4) is 5.69 Å². The van der Waals surface area contributed by atoms with Gasteiger partial charge in [0.05, 0.1) is 16.9 Å². The van der Waals surface area contributed by atoms with E-state index in [-0.39, 0.29) is 39.9 Å². The van der Waals surface area contributed by atoms with Crippen molar-refractivity contribution in [1.82, 2.24) is 13.7 Å². The van der Waals surface area contributed by atoms with Gasteiger partial charge in [0.2, 0.25) is 5.91 Å². The minimum absolute atomic E-state index is 0.102. The number of aromatic nitrogens is 3. The lowest BCUT2D eigenvalue weighted by molar-refractivity contribution is -0.114. The van der Waals surface area contributed by atoms with Crippen LogP contribution >= 0.6 is 0 Å². The van der Waals surface area contributed by atoms with Gasteiger partial charge < -0.3 is 10.6 Å².